The van der Waals surface area contributed by atoms with Gasteiger partial charge >= 0.3 is 0 Å². The number of methoxy groups -OCH3 is 2. The molecule has 0 aliphatic heterocycles. The third kappa shape index (κ3) is 5.67. The molecule has 11 heteroatoms. The summed E-state index contributed by atoms with van der Waals surface area (Å²) in [7, 11) is 3.13. The molecule has 42 heavy (non-hydrogen) atoms. The Bertz CT molecular complexity index is 1570. The number of aryl methyl sites for hydroxylation is 1. The summed E-state index contributed by atoms with van der Waals surface area (Å²) in [5.41, 5.74) is 3.54. The molecule has 1 aromatic carbocycles. The van der Waals surface area contributed by atoms with Crippen LogP contribution < -0.4 is 14.8 Å². The average Bonchev–Trinajstić information content (AvgIpc) is 3.67. The molecule has 4 aromatic rings. The lowest BCUT2D eigenvalue weighted by Gasteiger charge is -2.39. The van der Waals surface area contributed by atoms with E-state index in [-0.39, 0.29) is 23.1 Å². The Hall–Kier alpha value is -3.70. The van der Waals surface area contributed by atoms with Crippen LogP contribution in [0.1, 0.15) is 45.2 Å². The van der Waals surface area contributed by atoms with Crippen molar-refractivity contribution in [2.45, 2.75) is 70.4 Å². The van der Waals surface area contributed by atoms with Crippen LogP contribution in [-0.2, 0) is 22.8 Å². The molecule has 10 nitrogen and oxygen atoms in total. The van der Waals surface area contributed by atoms with Gasteiger partial charge in [-0.1, -0.05) is 20.8 Å². The lowest BCUT2D eigenvalue weighted by molar-refractivity contribution is -0.113. The van der Waals surface area contributed by atoms with Crippen molar-refractivity contribution in [3.63, 3.8) is 0 Å². The van der Waals surface area contributed by atoms with Gasteiger partial charge in [-0.15, -0.1) is 0 Å². The number of hydrogen-bond acceptors (Lipinski definition) is 8. The van der Waals surface area contributed by atoms with Crippen LogP contribution in [0.5, 0.6) is 11.5 Å². The Balaban J connectivity index is 1.52. The van der Waals surface area contributed by atoms with Crippen molar-refractivity contribution in [2.75, 3.05) is 19.5 Å². The lowest BCUT2D eigenvalue weighted by atomic mass is 10.1. The van der Waals surface area contributed by atoms with E-state index in [1.165, 1.54) is 0 Å². The zero-order valence-corrected chi connectivity index (χ0v) is 26.8. The Morgan fingerprint density at radius 2 is 1.90 bits per heavy atom. The van der Waals surface area contributed by atoms with Crippen LogP contribution in [0, 0.1) is 5.92 Å². The number of hydrogen-bond donors (Lipinski definition) is 1. The highest BCUT2D eigenvalue weighted by atomic mass is 28.4. The van der Waals surface area contributed by atoms with Gasteiger partial charge in [0.05, 0.1) is 31.4 Å². The summed E-state index contributed by atoms with van der Waals surface area (Å²) in [6.45, 7) is 11.7. The van der Waals surface area contributed by atoms with Gasteiger partial charge in [-0.05, 0) is 49.2 Å². The van der Waals surface area contributed by atoms with E-state index in [9.17, 15) is 4.79 Å². The fourth-order valence-corrected chi connectivity index (χ4v) is 6.87. The summed E-state index contributed by atoms with van der Waals surface area (Å²) in [4.78, 5) is 21.7. The molecular formula is C31H42N6O4Si. The Kier molecular flexibility index (Phi) is 8.17. The van der Waals surface area contributed by atoms with Gasteiger partial charge in [0, 0.05) is 55.1 Å². The summed E-state index contributed by atoms with van der Waals surface area (Å²) < 4.78 is 21.7. The summed E-state index contributed by atoms with van der Waals surface area (Å²) in [5, 5.41) is 9.18. The van der Waals surface area contributed by atoms with Crippen LogP contribution in [0.3, 0.4) is 0 Å². The molecular weight excluding hydrogens is 548 g/mol. The fraction of sp³-hybridized carbons (Fsp3) is 0.484. The van der Waals surface area contributed by atoms with Crippen LogP contribution in [-0.4, -0.2) is 59.2 Å². The first-order valence-electron chi connectivity index (χ1n) is 14.4. The molecule has 1 fully saturated rings. The van der Waals surface area contributed by atoms with Crippen molar-refractivity contribution >= 4 is 31.5 Å². The van der Waals surface area contributed by atoms with Gasteiger partial charge in [0.2, 0.25) is 0 Å². The molecule has 0 spiro atoms. The molecule has 0 bridgehead atoms. The van der Waals surface area contributed by atoms with Gasteiger partial charge in [-0.3, -0.25) is 4.68 Å². The van der Waals surface area contributed by atoms with E-state index in [1.54, 1.807) is 25.2 Å². The van der Waals surface area contributed by atoms with E-state index in [2.05, 4.69) is 54.9 Å². The van der Waals surface area contributed by atoms with E-state index in [0.717, 1.165) is 52.1 Å². The number of aromatic nitrogens is 5. The Morgan fingerprint density at radius 1 is 1.12 bits per heavy atom. The van der Waals surface area contributed by atoms with Crippen molar-refractivity contribution in [2.24, 2.45) is 13.0 Å². The van der Waals surface area contributed by atoms with Crippen molar-refractivity contribution in [1.29, 1.82) is 0 Å². The molecule has 1 aliphatic carbocycles. The van der Waals surface area contributed by atoms with E-state index in [1.807, 2.05) is 37.5 Å². The summed E-state index contributed by atoms with van der Waals surface area (Å²) in [5.74, 6) is 2.00. The predicted octanol–water partition coefficient (Wildman–Crippen LogP) is 6.00. The van der Waals surface area contributed by atoms with Gasteiger partial charge in [-0.25, -0.2) is 9.97 Å². The molecule has 1 aliphatic rings. The third-order valence-corrected chi connectivity index (χ3v) is 13.4. The summed E-state index contributed by atoms with van der Waals surface area (Å²) in [6.07, 6.45) is 8.03. The first-order chi connectivity index (χ1) is 20.0. The molecule has 0 radical (unpaired) electrons. The molecule has 1 saturated carbocycles. The number of rotatable bonds is 10. The normalized spacial score (nSPS) is 19.3. The second kappa shape index (κ2) is 11.5. The molecule has 0 unspecified atom stereocenters. The van der Waals surface area contributed by atoms with Crippen LogP contribution in [0.25, 0.3) is 22.3 Å². The van der Waals surface area contributed by atoms with Gasteiger partial charge in [0.15, 0.2) is 8.32 Å². The van der Waals surface area contributed by atoms with E-state index in [4.69, 9.17) is 24.0 Å². The number of ether oxygens (including phenoxy) is 2. The number of aldehydes is 1. The largest absolute Gasteiger partial charge is 0.497 e. The standard InChI is InChI=1S/C31H42N6O4Si/c1-31(2,3)42(7,8)41-27-14-22(13-21(27)18-38)37-17-24(25-11-12-36(4)35-25)28-29(33-19-34-30(28)37)32-16-20-9-10-23(39-5)15-26(20)40-6/h9-12,15,17-19,21-22,27H,13-14,16H2,1-8H3,(H,32,33,34)/t21-,22-,27+/m1/s1. The monoisotopic (exact) mass is 590 g/mol. The summed E-state index contributed by atoms with van der Waals surface area (Å²) in [6, 6.07) is 7.81. The molecule has 5 rings (SSSR count). The number of carbonyl (C=O) groups is 1. The van der Waals surface area contributed by atoms with Crippen molar-refractivity contribution in [1.82, 2.24) is 24.3 Å². The number of nitrogens with zero attached hydrogens (tertiary/aromatic N) is 5. The minimum absolute atomic E-state index is 0.0550. The quantitative estimate of drug-likeness (QED) is 0.177. The van der Waals surface area contributed by atoms with Gasteiger partial charge in [-0.2, -0.15) is 5.10 Å². The first-order valence-corrected chi connectivity index (χ1v) is 17.3. The number of anilines is 1. The predicted molar refractivity (Wildman–Crippen MR) is 166 cm³/mol. The zero-order chi connectivity index (χ0) is 30.2. The van der Waals surface area contributed by atoms with Crippen LogP contribution in [0.4, 0.5) is 5.82 Å². The van der Waals surface area contributed by atoms with Crippen molar-refractivity contribution in [3.05, 3.63) is 48.5 Å². The van der Waals surface area contributed by atoms with Crippen LogP contribution >= 0.6 is 0 Å². The van der Waals surface area contributed by atoms with Gasteiger partial charge in [0.25, 0.3) is 0 Å². The number of benzene rings is 1. The third-order valence-electron chi connectivity index (χ3n) is 8.89. The maximum Gasteiger partial charge on any atom is 0.192 e. The SMILES string of the molecule is COc1ccc(CNc2ncnc3c2c(-c2ccn(C)n2)cn3[C@H]2C[C@H](O[Si](C)(C)C(C)(C)C)[C@@H](C=O)C2)c(OC)c1. The van der Waals surface area contributed by atoms with Crippen LogP contribution in [0.2, 0.25) is 18.1 Å². The number of fused-ring (bicyclic) bond motifs is 1. The van der Waals surface area contributed by atoms with Gasteiger partial charge < -0.3 is 28.6 Å². The molecule has 0 amide bonds. The van der Waals surface area contributed by atoms with E-state index >= 15 is 0 Å². The molecule has 3 heterocycles. The highest BCUT2D eigenvalue weighted by Crippen LogP contribution is 2.45. The highest BCUT2D eigenvalue weighted by Gasteiger charge is 2.44. The zero-order valence-electron chi connectivity index (χ0n) is 25.8. The second-order valence-electron chi connectivity index (χ2n) is 12.6. The minimum Gasteiger partial charge on any atom is -0.497 e. The van der Waals surface area contributed by atoms with E-state index in [0.29, 0.717) is 18.8 Å². The molecule has 1 N–H and O–H groups in total. The fourth-order valence-electron chi connectivity index (χ4n) is 5.49. The molecule has 3 aromatic heterocycles. The summed E-state index contributed by atoms with van der Waals surface area (Å²) >= 11 is 0. The number of carbonyl (C=O) groups excluding carboxylic acids is 1. The average molecular weight is 591 g/mol. The van der Waals surface area contributed by atoms with Crippen LogP contribution in [0.15, 0.2) is 43.0 Å². The topological polar surface area (TPSA) is 105 Å². The number of nitrogens with one attached hydrogen (secondary N) is 1. The minimum atomic E-state index is -2.06. The van der Waals surface area contributed by atoms with Gasteiger partial charge in [0.1, 0.15) is 35.6 Å². The highest BCUT2D eigenvalue weighted by molar-refractivity contribution is 6.74. The van der Waals surface area contributed by atoms with Crippen molar-refractivity contribution < 1.29 is 18.7 Å². The lowest BCUT2D eigenvalue weighted by Crippen LogP contribution is -2.45. The maximum absolute atomic E-state index is 12.2. The Morgan fingerprint density at radius 3 is 2.55 bits per heavy atom. The second-order valence-corrected chi connectivity index (χ2v) is 17.4. The Labute approximate surface area is 248 Å². The van der Waals surface area contributed by atoms with Crippen molar-refractivity contribution in [3.8, 4) is 22.8 Å². The maximum atomic E-state index is 12.2. The molecule has 224 valence electrons. The first kappa shape index (κ1) is 29.8. The molecule has 3 atom stereocenters. The van der Waals surface area contributed by atoms with E-state index < -0.39 is 8.32 Å². The smallest absolute Gasteiger partial charge is 0.192 e. The molecule has 0 saturated heterocycles.